The van der Waals surface area contributed by atoms with E-state index in [2.05, 4.69) is 9.88 Å². The zero-order valence-electron chi connectivity index (χ0n) is 15.8. The van der Waals surface area contributed by atoms with Crippen molar-refractivity contribution in [2.45, 2.75) is 6.42 Å². The largest absolute Gasteiger partial charge is 0.493 e. The van der Waals surface area contributed by atoms with Crippen LogP contribution in [0.2, 0.25) is 0 Å². The maximum atomic E-state index is 14.0. The maximum absolute atomic E-state index is 14.0. The van der Waals surface area contributed by atoms with Crippen LogP contribution in [0.3, 0.4) is 0 Å². The Morgan fingerprint density at radius 2 is 1.82 bits per heavy atom. The highest BCUT2D eigenvalue weighted by Crippen LogP contribution is 2.24. The molecule has 0 spiro atoms. The minimum absolute atomic E-state index is 0.0895. The van der Waals surface area contributed by atoms with E-state index >= 15 is 0 Å². The summed E-state index contributed by atoms with van der Waals surface area (Å²) in [4.78, 5) is 20.9. The van der Waals surface area contributed by atoms with Crippen LogP contribution in [0.15, 0.2) is 48.5 Å². The summed E-state index contributed by atoms with van der Waals surface area (Å²) in [6.07, 6.45) is 0.354. The monoisotopic (exact) mass is 382 g/mol. The predicted octanol–water partition coefficient (Wildman–Crippen LogP) is 2.83. The van der Waals surface area contributed by atoms with Gasteiger partial charge in [0.05, 0.1) is 18.5 Å². The number of hydrogen-bond donors (Lipinski definition) is 0. The fourth-order valence-electron chi connectivity index (χ4n) is 3.54. The van der Waals surface area contributed by atoms with Gasteiger partial charge in [0, 0.05) is 33.2 Å². The highest BCUT2D eigenvalue weighted by atomic mass is 19.1. The van der Waals surface area contributed by atoms with E-state index in [0.717, 1.165) is 17.2 Å². The maximum Gasteiger partial charge on any atom is 0.226 e. The summed E-state index contributed by atoms with van der Waals surface area (Å²) in [5.41, 5.74) is 1.16. The van der Waals surface area contributed by atoms with Crippen LogP contribution in [0.1, 0.15) is 6.42 Å². The number of imidazole rings is 1. The molecule has 0 N–H and O–H groups in total. The number of amides is 1. The molecule has 0 bridgehead atoms. The average molecular weight is 382 g/mol. The number of hydrogen-bond acceptors (Lipinski definition) is 4. The highest BCUT2D eigenvalue weighted by molar-refractivity contribution is 5.80. The first-order chi connectivity index (χ1) is 13.6. The number of aryl methyl sites for hydroxylation is 1. The number of ether oxygens (including phenoxy) is 1. The van der Waals surface area contributed by atoms with Crippen LogP contribution >= 0.6 is 0 Å². The van der Waals surface area contributed by atoms with E-state index in [-0.39, 0.29) is 11.7 Å². The lowest BCUT2D eigenvalue weighted by atomic mass is 10.3. The lowest BCUT2D eigenvalue weighted by Crippen LogP contribution is -2.49. The molecule has 0 unspecified atom stereocenters. The predicted molar refractivity (Wildman–Crippen MR) is 106 cm³/mol. The summed E-state index contributed by atoms with van der Waals surface area (Å²) < 4.78 is 21.5. The van der Waals surface area contributed by atoms with Gasteiger partial charge in [-0.3, -0.25) is 4.79 Å². The molecule has 2 heterocycles. The SMILES string of the molecule is Cn1c(N2CCN(C(=O)CCOc3ccccc3)CC2)nc2c(F)cccc21. The smallest absolute Gasteiger partial charge is 0.226 e. The van der Waals surface area contributed by atoms with E-state index in [9.17, 15) is 9.18 Å². The summed E-state index contributed by atoms with van der Waals surface area (Å²) >= 11 is 0. The van der Waals surface area contributed by atoms with E-state index in [1.807, 2.05) is 52.9 Å². The fourth-order valence-corrected chi connectivity index (χ4v) is 3.54. The lowest BCUT2D eigenvalue weighted by Gasteiger charge is -2.35. The molecule has 1 saturated heterocycles. The van der Waals surface area contributed by atoms with Crippen LogP contribution in [-0.4, -0.2) is 53.1 Å². The summed E-state index contributed by atoms with van der Waals surface area (Å²) in [6, 6.07) is 14.5. The van der Waals surface area contributed by atoms with Crippen LogP contribution in [0.4, 0.5) is 10.3 Å². The summed E-state index contributed by atoms with van der Waals surface area (Å²) in [7, 11) is 1.89. The number of rotatable bonds is 5. The van der Waals surface area contributed by atoms with Gasteiger partial charge in [-0.2, -0.15) is 0 Å². The Bertz CT molecular complexity index is 965. The Morgan fingerprint density at radius 3 is 2.54 bits per heavy atom. The van der Waals surface area contributed by atoms with Crippen molar-refractivity contribution in [3.05, 3.63) is 54.3 Å². The van der Waals surface area contributed by atoms with Crippen molar-refractivity contribution in [2.75, 3.05) is 37.7 Å². The van der Waals surface area contributed by atoms with Crippen molar-refractivity contribution in [1.29, 1.82) is 0 Å². The Morgan fingerprint density at radius 1 is 1.07 bits per heavy atom. The van der Waals surface area contributed by atoms with E-state index in [4.69, 9.17) is 4.74 Å². The van der Waals surface area contributed by atoms with E-state index in [1.165, 1.54) is 6.07 Å². The third kappa shape index (κ3) is 3.65. The van der Waals surface area contributed by atoms with Gasteiger partial charge in [-0.25, -0.2) is 9.37 Å². The molecule has 1 aliphatic heterocycles. The molecule has 146 valence electrons. The Labute approximate surface area is 163 Å². The summed E-state index contributed by atoms with van der Waals surface area (Å²) in [6.45, 7) is 2.95. The minimum atomic E-state index is -0.313. The van der Waals surface area contributed by atoms with Crippen molar-refractivity contribution < 1.29 is 13.9 Å². The first kappa shape index (κ1) is 18.3. The minimum Gasteiger partial charge on any atom is -0.493 e. The third-order valence-corrected chi connectivity index (χ3v) is 5.08. The highest BCUT2D eigenvalue weighted by Gasteiger charge is 2.24. The zero-order chi connectivity index (χ0) is 19.5. The quantitative estimate of drug-likeness (QED) is 0.681. The van der Waals surface area contributed by atoms with Gasteiger partial charge in [0.25, 0.3) is 0 Å². The van der Waals surface area contributed by atoms with Gasteiger partial charge in [-0.15, -0.1) is 0 Å². The molecule has 0 saturated carbocycles. The molecule has 1 fully saturated rings. The second kappa shape index (κ2) is 7.88. The van der Waals surface area contributed by atoms with E-state index < -0.39 is 0 Å². The van der Waals surface area contributed by atoms with Crippen LogP contribution in [0, 0.1) is 5.82 Å². The number of anilines is 1. The van der Waals surface area contributed by atoms with Crippen LogP contribution in [-0.2, 0) is 11.8 Å². The standard InChI is InChI=1S/C21H23FN4O2/c1-24-18-9-5-8-17(22)20(18)23-21(24)26-13-11-25(12-14-26)19(27)10-15-28-16-6-3-2-4-7-16/h2-9H,10-15H2,1H3. The van der Waals surface area contributed by atoms with Crippen molar-refractivity contribution in [2.24, 2.45) is 7.05 Å². The molecule has 1 amide bonds. The number of piperazine rings is 1. The molecular formula is C21H23FN4O2. The Hall–Kier alpha value is -3.09. The van der Waals surface area contributed by atoms with E-state index in [0.29, 0.717) is 44.7 Å². The molecule has 0 aliphatic carbocycles. The van der Waals surface area contributed by atoms with E-state index in [1.54, 1.807) is 6.07 Å². The van der Waals surface area contributed by atoms with Gasteiger partial charge in [0.1, 0.15) is 11.3 Å². The van der Waals surface area contributed by atoms with Crippen LogP contribution in [0.5, 0.6) is 5.75 Å². The molecule has 28 heavy (non-hydrogen) atoms. The van der Waals surface area contributed by atoms with Crippen LogP contribution in [0.25, 0.3) is 11.0 Å². The number of para-hydroxylation sites is 2. The zero-order valence-corrected chi connectivity index (χ0v) is 15.8. The van der Waals surface area contributed by atoms with Gasteiger partial charge < -0.3 is 19.1 Å². The van der Waals surface area contributed by atoms with Gasteiger partial charge in [-0.1, -0.05) is 24.3 Å². The van der Waals surface area contributed by atoms with Crippen LogP contribution < -0.4 is 9.64 Å². The molecular weight excluding hydrogens is 359 g/mol. The fraction of sp³-hybridized carbons (Fsp3) is 0.333. The first-order valence-electron chi connectivity index (χ1n) is 9.45. The molecule has 6 nitrogen and oxygen atoms in total. The normalized spacial score (nSPS) is 14.5. The molecule has 1 aromatic heterocycles. The summed E-state index contributed by atoms with van der Waals surface area (Å²) in [5, 5.41) is 0. The van der Waals surface area contributed by atoms with Crippen molar-refractivity contribution in [1.82, 2.24) is 14.5 Å². The number of halogens is 1. The molecule has 0 radical (unpaired) electrons. The Kier molecular flexibility index (Phi) is 5.14. The van der Waals surface area contributed by atoms with Crippen molar-refractivity contribution >= 4 is 22.9 Å². The lowest BCUT2D eigenvalue weighted by molar-refractivity contribution is -0.132. The molecule has 1 aliphatic rings. The number of aromatic nitrogens is 2. The average Bonchev–Trinajstić information content (AvgIpc) is 3.07. The third-order valence-electron chi connectivity index (χ3n) is 5.08. The van der Waals surface area contributed by atoms with Gasteiger partial charge >= 0.3 is 0 Å². The molecule has 0 atom stereocenters. The Balaban J connectivity index is 1.32. The molecule has 7 heteroatoms. The first-order valence-corrected chi connectivity index (χ1v) is 9.45. The summed E-state index contributed by atoms with van der Waals surface area (Å²) in [5.74, 6) is 1.28. The molecule has 3 aromatic rings. The number of nitrogens with zero attached hydrogens (tertiary/aromatic N) is 4. The number of carbonyl (C=O) groups excluding carboxylic acids is 1. The van der Waals surface area contributed by atoms with Crippen molar-refractivity contribution in [3.63, 3.8) is 0 Å². The second-order valence-electron chi connectivity index (χ2n) is 6.86. The molecule has 2 aromatic carbocycles. The van der Waals surface area contributed by atoms with Crippen molar-refractivity contribution in [3.8, 4) is 5.75 Å². The number of fused-ring (bicyclic) bond motifs is 1. The van der Waals surface area contributed by atoms with Gasteiger partial charge in [-0.05, 0) is 24.3 Å². The number of carbonyl (C=O) groups is 1. The topological polar surface area (TPSA) is 50.6 Å². The van der Waals surface area contributed by atoms with Gasteiger partial charge in [0.15, 0.2) is 5.82 Å². The van der Waals surface area contributed by atoms with Gasteiger partial charge in [0.2, 0.25) is 11.9 Å². The number of benzene rings is 2. The molecule has 4 rings (SSSR count). The second-order valence-corrected chi connectivity index (χ2v) is 6.86.